The predicted molar refractivity (Wildman–Crippen MR) is 79.7 cm³/mol. The van der Waals surface area contributed by atoms with E-state index in [1.165, 1.54) is 10.2 Å². The first-order valence-electron chi connectivity index (χ1n) is 6.11. The molecule has 0 aliphatic heterocycles. The van der Waals surface area contributed by atoms with E-state index in [-0.39, 0.29) is 0 Å². The second-order valence-electron chi connectivity index (χ2n) is 4.05. The van der Waals surface area contributed by atoms with Crippen LogP contribution in [0.2, 0.25) is 0 Å². The van der Waals surface area contributed by atoms with Gasteiger partial charge in [0.15, 0.2) is 0 Å². The Morgan fingerprint density at radius 3 is 2.71 bits per heavy atom. The molecule has 1 aromatic rings. The number of nitrogens with one attached hydrogen (secondary N) is 1. The lowest BCUT2D eigenvalue weighted by molar-refractivity contribution is 0.577. The summed E-state index contributed by atoms with van der Waals surface area (Å²) in [7, 11) is 0. The van der Waals surface area contributed by atoms with Crippen LogP contribution in [-0.2, 0) is 19.5 Å². The van der Waals surface area contributed by atoms with Gasteiger partial charge in [0.25, 0.3) is 0 Å². The van der Waals surface area contributed by atoms with Gasteiger partial charge in [-0.2, -0.15) is 16.9 Å². The van der Waals surface area contributed by atoms with Gasteiger partial charge in [-0.3, -0.25) is 4.68 Å². The van der Waals surface area contributed by atoms with Gasteiger partial charge in [0, 0.05) is 24.9 Å². The van der Waals surface area contributed by atoms with Crippen molar-refractivity contribution < 1.29 is 0 Å². The van der Waals surface area contributed by atoms with Gasteiger partial charge in [0.1, 0.15) is 0 Å². The summed E-state index contributed by atoms with van der Waals surface area (Å²) in [4.78, 5) is 0. The van der Waals surface area contributed by atoms with Gasteiger partial charge in [0.2, 0.25) is 0 Å². The van der Waals surface area contributed by atoms with Gasteiger partial charge in [-0.05, 0) is 35.5 Å². The van der Waals surface area contributed by atoms with Crippen molar-refractivity contribution in [3.05, 3.63) is 15.9 Å². The molecule has 98 valence electrons. The highest BCUT2D eigenvalue weighted by Crippen LogP contribution is 2.22. The van der Waals surface area contributed by atoms with Crippen molar-refractivity contribution in [2.75, 3.05) is 12.8 Å². The summed E-state index contributed by atoms with van der Waals surface area (Å²) >= 11 is 5.55. The highest BCUT2D eigenvalue weighted by molar-refractivity contribution is 9.10. The number of rotatable bonds is 7. The number of aryl methyl sites for hydroxylation is 2. The highest BCUT2D eigenvalue weighted by Gasteiger charge is 2.13. The van der Waals surface area contributed by atoms with E-state index in [1.807, 2.05) is 11.8 Å². The van der Waals surface area contributed by atoms with E-state index in [0.717, 1.165) is 31.7 Å². The zero-order valence-corrected chi connectivity index (χ0v) is 13.5. The molecule has 0 spiro atoms. The van der Waals surface area contributed by atoms with E-state index in [2.05, 4.69) is 58.1 Å². The highest BCUT2D eigenvalue weighted by atomic mass is 79.9. The molecule has 3 nitrogen and oxygen atoms in total. The molecule has 1 unspecified atom stereocenters. The van der Waals surface area contributed by atoms with E-state index in [1.54, 1.807) is 0 Å². The molecule has 5 heteroatoms. The third-order valence-corrected chi connectivity index (χ3v) is 4.71. The minimum atomic E-state index is 0.650. The normalized spacial score (nSPS) is 13.0. The molecule has 0 saturated heterocycles. The summed E-state index contributed by atoms with van der Waals surface area (Å²) in [6.45, 7) is 9.35. The zero-order valence-electron chi connectivity index (χ0n) is 11.1. The Hall–Kier alpha value is -0.000000000000000111. The molecule has 1 aromatic heterocycles. The van der Waals surface area contributed by atoms with Crippen molar-refractivity contribution in [2.24, 2.45) is 0 Å². The largest absolute Gasteiger partial charge is 0.310 e. The van der Waals surface area contributed by atoms with Crippen molar-refractivity contribution in [2.45, 2.75) is 45.5 Å². The molecule has 1 atom stereocenters. The lowest BCUT2D eigenvalue weighted by atomic mass is 10.3. The van der Waals surface area contributed by atoms with Crippen LogP contribution in [0.4, 0.5) is 0 Å². The average molecular weight is 320 g/mol. The van der Waals surface area contributed by atoms with Crippen molar-refractivity contribution in [3.8, 4) is 0 Å². The van der Waals surface area contributed by atoms with Crippen LogP contribution >= 0.6 is 27.7 Å². The van der Waals surface area contributed by atoms with Crippen LogP contribution in [0.15, 0.2) is 4.47 Å². The van der Waals surface area contributed by atoms with Crippen LogP contribution in [0.1, 0.15) is 32.2 Å². The van der Waals surface area contributed by atoms with E-state index in [9.17, 15) is 0 Å². The summed E-state index contributed by atoms with van der Waals surface area (Å²) in [6, 6.07) is 0. The third kappa shape index (κ3) is 4.00. The first-order valence-corrected chi connectivity index (χ1v) is 8.19. The van der Waals surface area contributed by atoms with Crippen LogP contribution in [-0.4, -0.2) is 27.8 Å². The molecule has 0 aliphatic carbocycles. The van der Waals surface area contributed by atoms with Crippen LogP contribution in [0.25, 0.3) is 0 Å². The number of hydrogen-bond acceptors (Lipinski definition) is 3. The molecule has 0 amide bonds. The maximum Gasteiger partial charge on any atom is 0.0767 e. The van der Waals surface area contributed by atoms with E-state index in [0.29, 0.717) is 5.25 Å². The standard InChI is InChI=1S/C12H22BrN3S/c1-5-10-12(13)11(16(6-2)15-10)8-14-7-9(3)17-4/h9,14H,5-8H2,1-4H3. The fraction of sp³-hybridized carbons (Fsp3) is 0.750. The maximum atomic E-state index is 4.59. The molecule has 0 aromatic carbocycles. The SMILES string of the molecule is CCc1nn(CC)c(CNCC(C)SC)c1Br. The van der Waals surface area contributed by atoms with Gasteiger partial charge in [0.05, 0.1) is 15.9 Å². The van der Waals surface area contributed by atoms with Gasteiger partial charge < -0.3 is 5.32 Å². The Balaban J connectivity index is 2.66. The molecule has 17 heavy (non-hydrogen) atoms. The zero-order chi connectivity index (χ0) is 12.8. The molecule has 1 N–H and O–H groups in total. The molecule has 0 fully saturated rings. The number of nitrogens with zero attached hydrogens (tertiary/aromatic N) is 2. The smallest absolute Gasteiger partial charge is 0.0767 e. The Bertz CT molecular complexity index is 352. The summed E-state index contributed by atoms with van der Waals surface area (Å²) in [5.41, 5.74) is 2.42. The van der Waals surface area contributed by atoms with Crippen LogP contribution in [0.5, 0.6) is 0 Å². The molecular weight excluding hydrogens is 298 g/mol. The fourth-order valence-electron chi connectivity index (χ4n) is 1.66. The first kappa shape index (κ1) is 15.1. The number of hydrogen-bond donors (Lipinski definition) is 1. The van der Waals surface area contributed by atoms with Crippen molar-refractivity contribution in [3.63, 3.8) is 0 Å². The van der Waals surface area contributed by atoms with E-state index in [4.69, 9.17) is 0 Å². The molecule has 1 heterocycles. The topological polar surface area (TPSA) is 29.9 Å². The number of halogens is 1. The molecule has 0 aliphatic rings. The quantitative estimate of drug-likeness (QED) is 0.837. The fourth-order valence-corrected chi connectivity index (χ4v) is 2.65. The van der Waals surface area contributed by atoms with Gasteiger partial charge in [-0.15, -0.1) is 0 Å². The Morgan fingerprint density at radius 2 is 2.18 bits per heavy atom. The second-order valence-corrected chi connectivity index (χ2v) is 6.12. The van der Waals surface area contributed by atoms with Crippen LogP contribution < -0.4 is 5.32 Å². The second kappa shape index (κ2) is 7.44. The van der Waals surface area contributed by atoms with Gasteiger partial charge in [-0.25, -0.2) is 0 Å². The number of aromatic nitrogens is 2. The third-order valence-electron chi connectivity index (χ3n) is 2.82. The molecule has 0 saturated carbocycles. The Kier molecular flexibility index (Phi) is 6.59. The Morgan fingerprint density at radius 1 is 1.47 bits per heavy atom. The number of thioether (sulfide) groups is 1. The summed E-state index contributed by atoms with van der Waals surface area (Å²) in [5, 5.41) is 8.73. The van der Waals surface area contributed by atoms with Crippen molar-refractivity contribution in [1.82, 2.24) is 15.1 Å². The van der Waals surface area contributed by atoms with E-state index < -0.39 is 0 Å². The summed E-state index contributed by atoms with van der Waals surface area (Å²) < 4.78 is 3.26. The summed E-state index contributed by atoms with van der Waals surface area (Å²) in [6.07, 6.45) is 3.12. The van der Waals surface area contributed by atoms with Crippen LogP contribution in [0, 0.1) is 0 Å². The minimum Gasteiger partial charge on any atom is -0.310 e. The monoisotopic (exact) mass is 319 g/mol. The van der Waals surface area contributed by atoms with Crippen LogP contribution in [0.3, 0.4) is 0 Å². The predicted octanol–water partition coefficient (Wildman–Crippen LogP) is 3.07. The van der Waals surface area contributed by atoms with Crippen molar-refractivity contribution in [1.29, 1.82) is 0 Å². The molecule has 0 bridgehead atoms. The van der Waals surface area contributed by atoms with Gasteiger partial charge >= 0.3 is 0 Å². The van der Waals surface area contributed by atoms with Gasteiger partial charge in [-0.1, -0.05) is 13.8 Å². The Labute approximate surface area is 117 Å². The molecule has 1 rings (SSSR count). The first-order chi connectivity index (χ1) is 8.13. The van der Waals surface area contributed by atoms with E-state index >= 15 is 0 Å². The minimum absolute atomic E-state index is 0.650. The molecule has 0 radical (unpaired) electrons. The molecular formula is C12H22BrN3S. The average Bonchev–Trinajstić information content (AvgIpc) is 2.65. The lowest BCUT2D eigenvalue weighted by Gasteiger charge is -2.11. The summed E-state index contributed by atoms with van der Waals surface area (Å²) in [5.74, 6) is 0. The van der Waals surface area contributed by atoms with Crippen molar-refractivity contribution >= 4 is 27.7 Å². The maximum absolute atomic E-state index is 4.59. The lowest BCUT2D eigenvalue weighted by Crippen LogP contribution is -2.23.